The molecule has 67 heavy (non-hydrogen) atoms. The number of anilines is 2. The van der Waals surface area contributed by atoms with Crippen LogP contribution in [0, 0.1) is 5.92 Å². The van der Waals surface area contributed by atoms with Gasteiger partial charge in [-0.2, -0.15) is 13.2 Å². The number of hydrogen-bond acceptors (Lipinski definition) is 10. The maximum Gasteiger partial charge on any atom is 0.446 e. The summed E-state index contributed by atoms with van der Waals surface area (Å²) in [5.41, 5.74) is 6.76. The van der Waals surface area contributed by atoms with Crippen LogP contribution in [0.1, 0.15) is 62.4 Å². The maximum atomic E-state index is 12.1. The van der Waals surface area contributed by atoms with Crippen LogP contribution in [0.25, 0.3) is 11.1 Å². The van der Waals surface area contributed by atoms with E-state index in [2.05, 4.69) is 93.4 Å². The molecule has 2 aliphatic heterocycles. The van der Waals surface area contributed by atoms with E-state index in [-0.39, 0.29) is 28.4 Å². The Balaban J connectivity index is 0.000000197. The Kier molecular flexibility index (Phi) is 21.6. The number of nitrogens with one attached hydrogen (secondary N) is 1. The summed E-state index contributed by atoms with van der Waals surface area (Å²) in [6.45, 7) is 12.4. The van der Waals surface area contributed by atoms with E-state index >= 15 is 0 Å². The zero-order valence-corrected chi connectivity index (χ0v) is 42.0. The fraction of sp³-hybridized carbons (Fsp3) is 0.385. The summed E-state index contributed by atoms with van der Waals surface area (Å²) in [6, 6.07) is 39.9. The Bertz CT molecular complexity index is 2250. The van der Waals surface area contributed by atoms with Crippen LogP contribution in [-0.2, 0) is 11.2 Å². The van der Waals surface area contributed by atoms with E-state index in [0.717, 1.165) is 69.1 Å². The van der Waals surface area contributed by atoms with E-state index in [1.54, 1.807) is 13.1 Å². The molecule has 15 heteroatoms. The lowest BCUT2D eigenvalue weighted by Crippen LogP contribution is -2.50. The molecule has 2 saturated heterocycles. The Morgan fingerprint density at radius 2 is 1.48 bits per heavy atom. The first-order valence-corrected chi connectivity index (χ1v) is 25.6. The molecule has 3 N–H and O–H groups in total. The summed E-state index contributed by atoms with van der Waals surface area (Å²) in [4.78, 5) is 31.7. The van der Waals surface area contributed by atoms with Crippen LogP contribution in [-0.4, -0.2) is 91.9 Å². The fourth-order valence-corrected chi connectivity index (χ4v) is 9.92. The second-order valence-electron chi connectivity index (χ2n) is 17.2. The van der Waals surface area contributed by atoms with Crippen molar-refractivity contribution in [3.05, 3.63) is 137 Å². The third-order valence-corrected chi connectivity index (χ3v) is 13.9. The number of nitrogen functional groups attached to an aromatic ring is 1. The molecule has 0 bridgehead atoms. The van der Waals surface area contributed by atoms with Gasteiger partial charge in [-0.05, 0) is 185 Å². The van der Waals surface area contributed by atoms with Crippen molar-refractivity contribution >= 4 is 70.8 Å². The second-order valence-corrected chi connectivity index (χ2v) is 21.0. The van der Waals surface area contributed by atoms with E-state index in [9.17, 15) is 22.8 Å². The third kappa shape index (κ3) is 19.3. The highest BCUT2D eigenvalue weighted by Gasteiger charge is 2.30. The van der Waals surface area contributed by atoms with Gasteiger partial charge in [0.05, 0.1) is 0 Å². The highest BCUT2D eigenvalue weighted by atomic mass is 35.5. The Labute approximate surface area is 413 Å². The van der Waals surface area contributed by atoms with Crippen molar-refractivity contribution in [2.24, 2.45) is 5.92 Å². The molecular formula is C52H63ClF3N5O3S3. The smallest absolute Gasteiger partial charge is 0.444 e. The first-order valence-electron chi connectivity index (χ1n) is 22.6. The van der Waals surface area contributed by atoms with Crippen LogP contribution >= 0.6 is 47.1 Å². The number of aldehydes is 1. The molecule has 360 valence electrons. The van der Waals surface area contributed by atoms with Crippen LogP contribution < -0.4 is 15.4 Å². The minimum atomic E-state index is -4.31. The van der Waals surface area contributed by atoms with E-state index in [0.29, 0.717) is 10.8 Å². The normalized spacial score (nSPS) is 14.6. The van der Waals surface area contributed by atoms with Crippen LogP contribution in [0.15, 0.2) is 136 Å². The molecule has 0 radical (unpaired) electrons. The van der Waals surface area contributed by atoms with Crippen molar-refractivity contribution in [1.29, 1.82) is 0 Å². The lowest BCUT2D eigenvalue weighted by Gasteiger charge is -2.35. The number of nitrogens with two attached hydrogens (primary N) is 1. The third-order valence-electron chi connectivity index (χ3n) is 11.0. The maximum absolute atomic E-state index is 12.1. The van der Waals surface area contributed by atoms with Crippen molar-refractivity contribution < 1.29 is 27.5 Å². The second kappa shape index (κ2) is 27.0. The van der Waals surface area contributed by atoms with Gasteiger partial charge >= 0.3 is 11.6 Å². The van der Waals surface area contributed by atoms with Crippen molar-refractivity contribution in [2.75, 3.05) is 69.2 Å². The fourth-order valence-electron chi connectivity index (χ4n) is 7.61. The Hall–Kier alpha value is -4.31. The van der Waals surface area contributed by atoms with Gasteiger partial charge in [-0.15, -0.1) is 11.8 Å². The quantitative estimate of drug-likeness (QED) is 0.0368. The van der Waals surface area contributed by atoms with Gasteiger partial charge in [0.2, 0.25) is 0 Å². The van der Waals surface area contributed by atoms with Crippen molar-refractivity contribution in [2.45, 2.75) is 78.7 Å². The van der Waals surface area contributed by atoms with Gasteiger partial charge in [-0.3, -0.25) is 14.4 Å². The SMILES string of the molecule is CC(C)(C)OC(=O)N1CCN(CCCCSc2ccccc2)CC1.CNSc1ccc(N)c(SC(F)(F)F)c1.O=Cc1ccc(N2CCC(Cc3ccccc3-c3ccc(Cl)cc3)CC2)cc1. The zero-order chi connectivity index (χ0) is 48.2. The molecule has 0 aliphatic carbocycles. The number of halogens is 4. The minimum absolute atomic E-state index is 0.0303. The molecular weight excluding hydrogens is 931 g/mol. The lowest BCUT2D eigenvalue weighted by molar-refractivity contribution is -0.0328. The molecule has 2 heterocycles. The van der Waals surface area contributed by atoms with Crippen LogP contribution in [0.3, 0.4) is 0 Å². The van der Waals surface area contributed by atoms with Gasteiger partial charge in [-0.25, -0.2) is 4.79 Å². The monoisotopic (exact) mass is 993 g/mol. The number of carbonyl (C=O) groups excluding carboxylic acids is 2. The van der Waals surface area contributed by atoms with Gasteiger partial charge in [-0.1, -0.05) is 66.2 Å². The number of nitrogens with zero attached hydrogens (tertiary/aromatic N) is 3. The molecule has 0 aromatic heterocycles. The van der Waals surface area contributed by atoms with Crippen molar-refractivity contribution in [1.82, 2.24) is 14.5 Å². The van der Waals surface area contributed by atoms with Gasteiger partial charge in [0.1, 0.15) is 11.9 Å². The number of alkyl halides is 3. The Morgan fingerprint density at radius 1 is 0.821 bits per heavy atom. The van der Waals surface area contributed by atoms with Crippen LogP contribution in [0.5, 0.6) is 0 Å². The number of benzene rings is 5. The van der Waals surface area contributed by atoms with E-state index in [1.807, 2.05) is 61.7 Å². The van der Waals surface area contributed by atoms with Gasteiger partial charge < -0.3 is 20.3 Å². The molecule has 0 spiro atoms. The molecule has 0 saturated carbocycles. The summed E-state index contributed by atoms with van der Waals surface area (Å²) in [7, 11) is 1.69. The van der Waals surface area contributed by atoms with Crippen LogP contribution in [0.4, 0.5) is 29.3 Å². The largest absolute Gasteiger partial charge is 0.446 e. The van der Waals surface area contributed by atoms with E-state index in [1.165, 1.54) is 82.8 Å². The van der Waals surface area contributed by atoms with Gasteiger partial charge in [0, 0.05) is 75.9 Å². The van der Waals surface area contributed by atoms with Crippen LogP contribution in [0.2, 0.25) is 5.02 Å². The first kappa shape index (κ1) is 53.6. The number of piperazine rings is 1. The highest BCUT2D eigenvalue weighted by molar-refractivity contribution is 8.00. The molecule has 5 aromatic rings. The van der Waals surface area contributed by atoms with E-state index in [4.69, 9.17) is 22.1 Å². The molecule has 1 amide bonds. The van der Waals surface area contributed by atoms with E-state index < -0.39 is 11.1 Å². The highest BCUT2D eigenvalue weighted by Crippen LogP contribution is 2.41. The molecule has 0 atom stereocenters. The van der Waals surface area contributed by atoms with Gasteiger partial charge in [0.15, 0.2) is 0 Å². The molecule has 2 aliphatic rings. The number of rotatable bonds is 14. The average Bonchev–Trinajstić information content (AvgIpc) is 3.31. The number of amides is 1. The van der Waals surface area contributed by atoms with Crippen molar-refractivity contribution in [3.63, 3.8) is 0 Å². The summed E-state index contributed by atoms with van der Waals surface area (Å²) in [6.07, 6.45) is 6.64. The standard InChI is InChI=1S/C25H24ClNO.C19H30N2O2S.C8H9F3N2S2/c26-23-9-7-21(8-10-23)25-4-2-1-3-22(25)17-19-13-15-27(16-14-19)24-11-5-20(18-28)6-12-24;1-19(2,3)23-18(22)21-14-12-20(13-15-21)11-7-8-16-24-17-9-5-4-6-10-17;1-13-15-5-2-3-6(12)7(4-5)14-8(9,10)11/h1-12,18-19H,13-17H2;4-6,9-10H,7-8,11-16H2,1-3H3;2-4,13H,12H2,1H3. The number of carbonyl (C=O) groups is 2. The number of hydrogen-bond donors (Lipinski definition) is 2. The summed E-state index contributed by atoms with van der Waals surface area (Å²) in [5, 5.41) is 0.773. The number of unbranched alkanes of at least 4 members (excludes halogenated alkanes) is 1. The molecule has 0 unspecified atom stereocenters. The summed E-state index contributed by atoms with van der Waals surface area (Å²) in [5.74, 6) is 1.86. The molecule has 5 aromatic carbocycles. The molecule has 2 fully saturated rings. The summed E-state index contributed by atoms with van der Waals surface area (Å²) >= 11 is 9.02. The number of ether oxygens (including phenoxy) is 1. The topological polar surface area (TPSA) is 91.1 Å². The minimum Gasteiger partial charge on any atom is -0.444 e. The van der Waals surface area contributed by atoms with Crippen molar-refractivity contribution in [3.8, 4) is 11.1 Å². The zero-order valence-electron chi connectivity index (χ0n) is 38.8. The number of piperidine rings is 1. The lowest BCUT2D eigenvalue weighted by atomic mass is 9.87. The first-order chi connectivity index (χ1) is 32.1. The molecule has 7 rings (SSSR count). The average molecular weight is 995 g/mol. The Morgan fingerprint density at radius 3 is 2.10 bits per heavy atom. The summed E-state index contributed by atoms with van der Waals surface area (Å²) < 4.78 is 44.6. The van der Waals surface area contributed by atoms with Gasteiger partial charge in [0.25, 0.3) is 0 Å². The molecule has 8 nitrogen and oxygen atoms in total. The predicted molar refractivity (Wildman–Crippen MR) is 276 cm³/mol. The number of thioether (sulfide) groups is 2. The predicted octanol–water partition coefficient (Wildman–Crippen LogP) is 13.5.